The standard InChI is InChI=1S/C15H23NO3/c1-11(10-17)16-14(18)13-6-4-5-12(9-13)7-8-15(2,3)19/h4-6,9,11,17,19H,7-8,10H2,1-3H3,(H,16,18)/t11-/m0/s1. The van der Waals surface area contributed by atoms with Crippen molar-refractivity contribution < 1.29 is 15.0 Å². The van der Waals surface area contributed by atoms with Crippen LogP contribution in [0.2, 0.25) is 0 Å². The highest BCUT2D eigenvalue weighted by Gasteiger charge is 2.13. The van der Waals surface area contributed by atoms with E-state index in [-0.39, 0.29) is 18.6 Å². The van der Waals surface area contributed by atoms with Crippen LogP contribution in [0.5, 0.6) is 0 Å². The van der Waals surface area contributed by atoms with Gasteiger partial charge in [0.2, 0.25) is 0 Å². The van der Waals surface area contributed by atoms with Gasteiger partial charge in [-0.2, -0.15) is 0 Å². The number of hydrogen-bond donors (Lipinski definition) is 3. The molecule has 4 nitrogen and oxygen atoms in total. The lowest BCUT2D eigenvalue weighted by atomic mass is 9.98. The maximum Gasteiger partial charge on any atom is 0.251 e. The Hall–Kier alpha value is -1.39. The van der Waals surface area contributed by atoms with Gasteiger partial charge in [0.05, 0.1) is 12.2 Å². The summed E-state index contributed by atoms with van der Waals surface area (Å²) in [6.45, 7) is 5.21. The number of nitrogens with one attached hydrogen (secondary N) is 1. The van der Waals surface area contributed by atoms with Crippen LogP contribution in [0.1, 0.15) is 43.1 Å². The minimum Gasteiger partial charge on any atom is -0.394 e. The summed E-state index contributed by atoms with van der Waals surface area (Å²) in [6.07, 6.45) is 1.37. The van der Waals surface area contributed by atoms with Crippen LogP contribution in [-0.2, 0) is 6.42 Å². The van der Waals surface area contributed by atoms with Crippen LogP contribution in [-0.4, -0.2) is 34.4 Å². The summed E-state index contributed by atoms with van der Waals surface area (Å²) < 4.78 is 0. The van der Waals surface area contributed by atoms with E-state index in [2.05, 4.69) is 5.32 Å². The summed E-state index contributed by atoms with van der Waals surface area (Å²) >= 11 is 0. The number of carbonyl (C=O) groups is 1. The van der Waals surface area contributed by atoms with Crippen molar-refractivity contribution in [3.63, 3.8) is 0 Å². The molecule has 1 aromatic carbocycles. The van der Waals surface area contributed by atoms with Crippen molar-refractivity contribution >= 4 is 5.91 Å². The number of aliphatic hydroxyl groups excluding tert-OH is 1. The van der Waals surface area contributed by atoms with Crippen molar-refractivity contribution in [2.24, 2.45) is 0 Å². The van der Waals surface area contributed by atoms with Crippen LogP contribution >= 0.6 is 0 Å². The highest BCUT2D eigenvalue weighted by Crippen LogP contribution is 2.14. The molecule has 0 unspecified atom stereocenters. The van der Waals surface area contributed by atoms with Crippen molar-refractivity contribution in [2.75, 3.05) is 6.61 Å². The zero-order valence-electron chi connectivity index (χ0n) is 11.8. The Morgan fingerprint density at radius 1 is 1.42 bits per heavy atom. The maximum atomic E-state index is 11.9. The first-order chi connectivity index (χ1) is 8.81. The predicted molar refractivity (Wildman–Crippen MR) is 75.1 cm³/mol. The van der Waals surface area contributed by atoms with Crippen molar-refractivity contribution in [3.8, 4) is 0 Å². The third kappa shape index (κ3) is 5.85. The van der Waals surface area contributed by atoms with E-state index < -0.39 is 5.60 Å². The lowest BCUT2D eigenvalue weighted by molar-refractivity contribution is 0.0714. The van der Waals surface area contributed by atoms with Crippen LogP contribution in [0.3, 0.4) is 0 Å². The number of carbonyl (C=O) groups excluding carboxylic acids is 1. The van der Waals surface area contributed by atoms with Crippen molar-refractivity contribution in [1.29, 1.82) is 0 Å². The SMILES string of the molecule is C[C@@H](CO)NC(=O)c1cccc(CCC(C)(C)O)c1. The summed E-state index contributed by atoms with van der Waals surface area (Å²) in [7, 11) is 0. The van der Waals surface area contributed by atoms with Gasteiger partial charge in [0.1, 0.15) is 0 Å². The average Bonchev–Trinajstić information content (AvgIpc) is 2.35. The Morgan fingerprint density at radius 2 is 2.11 bits per heavy atom. The molecule has 0 aliphatic carbocycles. The summed E-state index contributed by atoms with van der Waals surface area (Å²) in [4.78, 5) is 11.9. The summed E-state index contributed by atoms with van der Waals surface area (Å²) in [5.74, 6) is -0.188. The first kappa shape index (κ1) is 15.7. The minimum absolute atomic E-state index is 0.0792. The molecule has 0 aromatic heterocycles. The zero-order chi connectivity index (χ0) is 14.5. The Bertz CT molecular complexity index is 424. The molecule has 0 aliphatic rings. The Labute approximate surface area is 114 Å². The van der Waals surface area contributed by atoms with Crippen LogP contribution in [0, 0.1) is 0 Å². The fourth-order valence-electron chi connectivity index (χ4n) is 1.67. The maximum absolute atomic E-state index is 11.9. The van der Waals surface area contributed by atoms with Gasteiger partial charge in [-0.15, -0.1) is 0 Å². The first-order valence-corrected chi connectivity index (χ1v) is 6.55. The second-order valence-electron chi connectivity index (χ2n) is 5.57. The molecular weight excluding hydrogens is 242 g/mol. The molecule has 0 fully saturated rings. The van der Waals surface area contributed by atoms with Gasteiger partial charge in [0.15, 0.2) is 0 Å². The van der Waals surface area contributed by atoms with Gasteiger partial charge < -0.3 is 15.5 Å². The van der Waals surface area contributed by atoms with E-state index in [9.17, 15) is 9.90 Å². The van der Waals surface area contributed by atoms with E-state index in [1.165, 1.54) is 0 Å². The summed E-state index contributed by atoms with van der Waals surface area (Å²) in [5.41, 5.74) is 0.893. The number of rotatable bonds is 6. The largest absolute Gasteiger partial charge is 0.394 e. The smallest absolute Gasteiger partial charge is 0.251 e. The second-order valence-corrected chi connectivity index (χ2v) is 5.57. The third-order valence-electron chi connectivity index (χ3n) is 2.87. The quantitative estimate of drug-likeness (QED) is 0.730. The monoisotopic (exact) mass is 265 g/mol. The molecule has 19 heavy (non-hydrogen) atoms. The molecule has 0 saturated carbocycles. The molecule has 4 heteroatoms. The Kier molecular flexibility index (Phi) is 5.51. The number of aryl methyl sites for hydroxylation is 1. The summed E-state index contributed by atoms with van der Waals surface area (Å²) in [5, 5.41) is 21.3. The molecule has 0 bridgehead atoms. The van der Waals surface area contributed by atoms with E-state index in [1.54, 1.807) is 26.8 Å². The fourth-order valence-corrected chi connectivity index (χ4v) is 1.67. The van der Waals surface area contributed by atoms with E-state index in [4.69, 9.17) is 5.11 Å². The number of hydrogen-bond acceptors (Lipinski definition) is 3. The van der Waals surface area contributed by atoms with Gasteiger partial charge in [-0.25, -0.2) is 0 Å². The van der Waals surface area contributed by atoms with Gasteiger partial charge in [0, 0.05) is 11.6 Å². The van der Waals surface area contributed by atoms with Crippen molar-refractivity contribution in [1.82, 2.24) is 5.32 Å². The molecule has 1 rings (SSSR count). The van der Waals surface area contributed by atoms with Crippen LogP contribution in [0.15, 0.2) is 24.3 Å². The van der Waals surface area contributed by atoms with Crippen LogP contribution in [0.25, 0.3) is 0 Å². The first-order valence-electron chi connectivity index (χ1n) is 6.55. The molecule has 0 radical (unpaired) electrons. The number of aliphatic hydroxyl groups is 2. The molecule has 0 spiro atoms. The van der Waals surface area contributed by atoms with Gasteiger partial charge in [-0.05, 0) is 51.3 Å². The zero-order valence-corrected chi connectivity index (χ0v) is 11.8. The molecular formula is C15H23NO3. The number of amides is 1. The molecule has 106 valence electrons. The number of benzene rings is 1. The van der Waals surface area contributed by atoms with Crippen LogP contribution in [0.4, 0.5) is 0 Å². The second kappa shape index (κ2) is 6.68. The van der Waals surface area contributed by atoms with Gasteiger partial charge >= 0.3 is 0 Å². The molecule has 1 amide bonds. The summed E-state index contributed by atoms with van der Waals surface area (Å²) in [6, 6.07) is 7.08. The topological polar surface area (TPSA) is 69.6 Å². The van der Waals surface area contributed by atoms with Gasteiger partial charge in [-0.3, -0.25) is 4.79 Å². The lowest BCUT2D eigenvalue weighted by Crippen LogP contribution is -2.35. The Balaban J connectivity index is 2.69. The van der Waals surface area contributed by atoms with Crippen LogP contribution < -0.4 is 5.32 Å². The minimum atomic E-state index is -0.705. The molecule has 0 aliphatic heterocycles. The van der Waals surface area contributed by atoms with Crippen molar-refractivity contribution in [3.05, 3.63) is 35.4 Å². The predicted octanol–water partition coefficient (Wildman–Crippen LogP) is 1.50. The highest BCUT2D eigenvalue weighted by molar-refractivity contribution is 5.94. The fraction of sp³-hybridized carbons (Fsp3) is 0.533. The van der Waals surface area contributed by atoms with E-state index >= 15 is 0 Å². The third-order valence-corrected chi connectivity index (χ3v) is 2.87. The molecule has 3 N–H and O–H groups in total. The van der Waals surface area contributed by atoms with Gasteiger partial charge in [-0.1, -0.05) is 12.1 Å². The Morgan fingerprint density at radius 3 is 2.68 bits per heavy atom. The molecule has 0 heterocycles. The molecule has 1 aromatic rings. The van der Waals surface area contributed by atoms with Crippen molar-refractivity contribution in [2.45, 2.75) is 45.3 Å². The molecule has 0 saturated heterocycles. The lowest BCUT2D eigenvalue weighted by Gasteiger charge is -2.17. The molecule has 1 atom stereocenters. The normalized spacial score (nSPS) is 13.1. The van der Waals surface area contributed by atoms with E-state index in [1.807, 2.05) is 18.2 Å². The van der Waals surface area contributed by atoms with E-state index in [0.717, 1.165) is 12.0 Å². The highest BCUT2D eigenvalue weighted by atomic mass is 16.3. The van der Waals surface area contributed by atoms with Gasteiger partial charge in [0.25, 0.3) is 5.91 Å². The average molecular weight is 265 g/mol. The van der Waals surface area contributed by atoms with E-state index in [0.29, 0.717) is 12.0 Å².